The number of anilines is 1. The summed E-state index contributed by atoms with van der Waals surface area (Å²) >= 11 is 0. The van der Waals surface area contributed by atoms with E-state index >= 15 is 0 Å². The zero-order chi connectivity index (χ0) is 20.3. The number of amides is 1. The minimum absolute atomic E-state index is 0.0592. The van der Waals surface area contributed by atoms with Gasteiger partial charge in [0.1, 0.15) is 6.17 Å². The highest BCUT2D eigenvalue weighted by Gasteiger charge is 2.32. The van der Waals surface area contributed by atoms with Crippen molar-refractivity contribution in [3.63, 3.8) is 0 Å². The van der Waals surface area contributed by atoms with E-state index in [9.17, 15) is 4.79 Å². The molecule has 1 amide bonds. The Morgan fingerprint density at radius 3 is 2.43 bits per heavy atom. The van der Waals surface area contributed by atoms with Gasteiger partial charge in [0.2, 0.25) is 0 Å². The molecular formula is C25H22N4O. The van der Waals surface area contributed by atoms with Crippen molar-refractivity contribution in [2.45, 2.75) is 12.6 Å². The van der Waals surface area contributed by atoms with Crippen LogP contribution in [0.1, 0.15) is 27.7 Å². The van der Waals surface area contributed by atoms with Crippen LogP contribution in [0.15, 0.2) is 97.6 Å². The summed E-state index contributed by atoms with van der Waals surface area (Å²) in [5.74, 6) is 0.0592. The summed E-state index contributed by atoms with van der Waals surface area (Å²) in [6, 6.07) is 26.3. The molecule has 0 fully saturated rings. The maximum atomic E-state index is 13.3. The second-order valence-corrected chi connectivity index (χ2v) is 7.39. The van der Waals surface area contributed by atoms with Gasteiger partial charge in [0.05, 0.1) is 11.9 Å². The van der Waals surface area contributed by atoms with E-state index in [2.05, 4.69) is 46.7 Å². The van der Waals surface area contributed by atoms with E-state index in [1.807, 2.05) is 58.1 Å². The first-order valence-electron chi connectivity index (χ1n) is 10.1. The van der Waals surface area contributed by atoms with Crippen molar-refractivity contribution in [3.8, 4) is 5.69 Å². The molecule has 30 heavy (non-hydrogen) atoms. The van der Waals surface area contributed by atoms with Crippen LogP contribution in [0.4, 0.5) is 5.69 Å². The van der Waals surface area contributed by atoms with E-state index in [4.69, 9.17) is 0 Å². The Kier molecular flexibility index (Phi) is 4.77. The molecule has 0 saturated carbocycles. The summed E-state index contributed by atoms with van der Waals surface area (Å²) < 4.78 is 1.96. The van der Waals surface area contributed by atoms with Crippen LogP contribution in [0.25, 0.3) is 5.69 Å². The fourth-order valence-corrected chi connectivity index (χ4v) is 3.92. The summed E-state index contributed by atoms with van der Waals surface area (Å²) in [6.07, 6.45) is 6.05. The molecule has 1 aliphatic rings. The molecule has 0 saturated heterocycles. The van der Waals surface area contributed by atoms with Gasteiger partial charge in [-0.05, 0) is 41.8 Å². The summed E-state index contributed by atoms with van der Waals surface area (Å²) in [4.78, 5) is 19.4. The standard InChI is InChI=1S/C25H22N4O/c30-25-22-8-4-5-9-23(22)27-24(29(25)16-14-19-6-2-1-3-7-19)20-10-12-21(13-11-20)28-17-15-26-18-28/h1-13,15,17-18,24,27H,14,16H2/t24-/m1/s1. The number of nitrogens with zero attached hydrogens (tertiary/aromatic N) is 3. The second kappa shape index (κ2) is 7.87. The van der Waals surface area contributed by atoms with Crippen molar-refractivity contribution in [1.82, 2.24) is 14.5 Å². The molecule has 2 heterocycles. The van der Waals surface area contributed by atoms with Crippen molar-refractivity contribution >= 4 is 11.6 Å². The quantitative estimate of drug-likeness (QED) is 0.535. The van der Waals surface area contributed by atoms with Gasteiger partial charge in [0.25, 0.3) is 5.91 Å². The van der Waals surface area contributed by atoms with Gasteiger partial charge < -0.3 is 14.8 Å². The van der Waals surface area contributed by atoms with E-state index in [1.165, 1.54) is 5.56 Å². The predicted octanol–water partition coefficient (Wildman–Crippen LogP) is 4.68. The molecule has 1 aliphatic heterocycles. The van der Waals surface area contributed by atoms with Gasteiger partial charge in [-0.1, -0.05) is 54.6 Å². The number of para-hydroxylation sites is 1. The Morgan fingerprint density at radius 2 is 1.67 bits per heavy atom. The monoisotopic (exact) mass is 394 g/mol. The molecule has 1 atom stereocenters. The number of hydrogen-bond acceptors (Lipinski definition) is 3. The smallest absolute Gasteiger partial charge is 0.257 e. The van der Waals surface area contributed by atoms with Gasteiger partial charge in [-0.15, -0.1) is 0 Å². The van der Waals surface area contributed by atoms with Crippen LogP contribution >= 0.6 is 0 Å². The second-order valence-electron chi connectivity index (χ2n) is 7.39. The summed E-state index contributed by atoms with van der Waals surface area (Å²) in [6.45, 7) is 0.637. The van der Waals surface area contributed by atoms with Gasteiger partial charge in [-0.2, -0.15) is 0 Å². The lowest BCUT2D eigenvalue weighted by Crippen LogP contribution is -2.44. The zero-order valence-electron chi connectivity index (χ0n) is 16.5. The third kappa shape index (κ3) is 3.46. The summed E-state index contributed by atoms with van der Waals surface area (Å²) in [5, 5.41) is 3.57. The molecule has 5 nitrogen and oxygen atoms in total. The summed E-state index contributed by atoms with van der Waals surface area (Å²) in [7, 11) is 0. The average Bonchev–Trinajstić information content (AvgIpc) is 3.34. The highest BCUT2D eigenvalue weighted by molar-refractivity contribution is 6.01. The van der Waals surface area contributed by atoms with Crippen molar-refractivity contribution in [2.24, 2.45) is 0 Å². The van der Waals surface area contributed by atoms with E-state index in [0.717, 1.165) is 28.9 Å². The lowest BCUT2D eigenvalue weighted by Gasteiger charge is -2.38. The first-order valence-corrected chi connectivity index (χ1v) is 10.1. The SMILES string of the molecule is O=C1c2ccccc2N[C@@H](c2ccc(-n3ccnc3)cc2)N1CCc1ccccc1. The number of nitrogens with one attached hydrogen (secondary N) is 1. The molecule has 0 aliphatic carbocycles. The van der Waals surface area contributed by atoms with E-state index < -0.39 is 0 Å². The number of aromatic nitrogens is 2. The maximum Gasteiger partial charge on any atom is 0.257 e. The molecule has 3 aromatic carbocycles. The third-order valence-corrected chi connectivity index (χ3v) is 5.52. The highest BCUT2D eigenvalue weighted by atomic mass is 16.2. The van der Waals surface area contributed by atoms with Crippen molar-refractivity contribution in [3.05, 3.63) is 114 Å². The van der Waals surface area contributed by atoms with Crippen LogP contribution in [0, 0.1) is 0 Å². The normalized spacial score (nSPS) is 15.5. The predicted molar refractivity (Wildman–Crippen MR) is 118 cm³/mol. The Bertz CT molecular complexity index is 1140. The maximum absolute atomic E-state index is 13.3. The van der Waals surface area contributed by atoms with E-state index in [-0.39, 0.29) is 12.1 Å². The molecule has 148 valence electrons. The molecule has 4 aromatic rings. The van der Waals surface area contributed by atoms with Crippen molar-refractivity contribution < 1.29 is 4.79 Å². The van der Waals surface area contributed by atoms with E-state index in [0.29, 0.717) is 6.54 Å². The molecular weight excluding hydrogens is 372 g/mol. The molecule has 0 spiro atoms. The first kappa shape index (κ1) is 18.2. The Labute approximate surface area is 175 Å². The van der Waals surface area contributed by atoms with Crippen LogP contribution in [0.2, 0.25) is 0 Å². The van der Waals surface area contributed by atoms with Crippen LogP contribution in [-0.2, 0) is 6.42 Å². The fourth-order valence-electron chi connectivity index (χ4n) is 3.92. The number of carbonyl (C=O) groups is 1. The van der Waals surface area contributed by atoms with Crippen LogP contribution in [0.3, 0.4) is 0 Å². The van der Waals surface area contributed by atoms with Gasteiger partial charge in [-0.25, -0.2) is 4.98 Å². The molecule has 5 heteroatoms. The van der Waals surface area contributed by atoms with Gasteiger partial charge in [-0.3, -0.25) is 4.79 Å². The number of rotatable bonds is 5. The number of imidazole rings is 1. The molecule has 1 N–H and O–H groups in total. The van der Waals surface area contributed by atoms with Crippen LogP contribution in [-0.4, -0.2) is 26.9 Å². The molecule has 0 bridgehead atoms. The number of fused-ring (bicyclic) bond motifs is 1. The summed E-state index contributed by atoms with van der Waals surface area (Å²) in [5.41, 5.74) is 4.90. The Hall–Kier alpha value is -3.86. The topological polar surface area (TPSA) is 50.2 Å². The number of carbonyl (C=O) groups excluding carboxylic acids is 1. The van der Waals surface area contributed by atoms with Gasteiger partial charge >= 0.3 is 0 Å². The minimum atomic E-state index is -0.215. The zero-order valence-corrected chi connectivity index (χ0v) is 16.5. The third-order valence-electron chi connectivity index (χ3n) is 5.52. The molecule has 5 rings (SSSR count). The molecule has 0 unspecified atom stereocenters. The van der Waals surface area contributed by atoms with E-state index in [1.54, 1.807) is 12.5 Å². The fraction of sp³-hybridized carbons (Fsp3) is 0.120. The molecule has 0 radical (unpaired) electrons. The average molecular weight is 394 g/mol. The van der Waals surface area contributed by atoms with Crippen molar-refractivity contribution in [1.29, 1.82) is 0 Å². The van der Waals surface area contributed by atoms with Gasteiger partial charge in [0, 0.05) is 30.3 Å². The van der Waals surface area contributed by atoms with Crippen LogP contribution < -0.4 is 5.32 Å². The molecule has 1 aromatic heterocycles. The minimum Gasteiger partial charge on any atom is -0.361 e. The Balaban J connectivity index is 1.46. The largest absolute Gasteiger partial charge is 0.361 e. The van der Waals surface area contributed by atoms with Crippen molar-refractivity contribution in [2.75, 3.05) is 11.9 Å². The van der Waals surface area contributed by atoms with Gasteiger partial charge in [0.15, 0.2) is 0 Å². The number of benzene rings is 3. The highest BCUT2D eigenvalue weighted by Crippen LogP contribution is 2.33. The lowest BCUT2D eigenvalue weighted by atomic mass is 10.0. The van der Waals surface area contributed by atoms with Crippen LogP contribution in [0.5, 0.6) is 0 Å². The number of hydrogen-bond donors (Lipinski definition) is 1. The Morgan fingerprint density at radius 1 is 0.900 bits per heavy atom. The lowest BCUT2D eigenvalue weighted by molar-refractivity contribution is 0.0685. The first-order chi connectivity index (χ1) is 14.8.